The predicted octanol–water partition coefficient (Wildman–Crippen LogP) is 2.15. The number of carbonyl (C=O) groups excluding carboxylic acids is 1. The van der Waals surface area contributed by atoms with Crippen molar-refractivity contribution in [1.82, 2.24) is 19.9 Å². The van der Waals surface area contributed by atoms with Gasteiger partial charge in [-0.2, -0.15) is 0 Å². The highest BCUT2D eigenvalue weighted by Gasteiger charge is 2.30. The predicted molar refractivity (Wildman–Crippen MR) is 76.3 cm³/mol. The molecule has 1 unspecified atom stereocenters. The Balaban J connectivity index is 1.73. The molecule has 5 nitrogen and oxygen atoms in total. The molecule has 3 rings (SSSR count). The lowest BCUT2D eigenvalue weighted by Crippen LogP contribution is -2.32. The number of hydrogen-bond acceptors (Lipinski definition) is 5. The molecule has 1 amide bonds. The first-order valence-corrected chi connectivity index (χ1v) is 7.58. The van der Waals surface area contributed by atoms with Crippen LogP contribution in [0.3, 0.4) is 0 Å². The Morgan fingerprint density at radius 2 is 2.45 bits per heavy atom. The van der Waals surface area contributed by atoms with Gasteiger partial charge in [-0.25, -0.2) is 15.0 Å². The number of nitrogens with zero attached hydrogens (tertiary/aromatic N) is 4. The molecule has 20 heavy (non-hydrogen) atoms. The van der Waals surface area contributed by atoms with Gasteiger partial charge in [0, 0.05) is 18.1 Å². The Morgan fingerprint density at radius 3 is 3.15 bits per heavy atom. The van der Waals surface area contributed by atoms with Crippen LogP contribution in [0.5, 0.6) is 0 Å². The van der Waals surface area contributed by atoms with E-state index in [2.05, 4.69) is 15.0 Å². The summed E-state index contributed by atoms with van der Waals surface area (Å²) >= 11 is 1.58. The molecule has 2 aromatic rings. The third-order valence-electron chi connectivity index (χ3n) is 3.52. The highest BCUT2D eigenvalue weighted by Crippen LogP contribution is 2.30. The van der Waals surface area contributed by atoms with E-state index in [4.69, 9.17) is 0 Å². The third kappa shape index (κ3) is 2.70. The van der Waals surface area contributed by atoms with Gasteiger partial charge in [0.25, 0.3) is 0 Å². The van der Waals surface area contributed by atoms with E-state index >= 15 is 0 Å². The topological polar surface area (TPSA) is 59.0 Å². The van der Waals surface area contributed by atoms with Crippen molar-refractivity contribution in [2.45, 2.75) is 32.2 Å². The van der Waals surface area contributed by atoms with E-state index in [9.17, 15) is 4.79 Å². The fourth-order valence-corrected chi connectivity index (χ4v) is 3.23. The van der Waals surface area contributed by atoms with Crippen LogP contribution in [0.1, 0.15) is 35.3 Å². The first-order chi connectivity index (χ1) is 9.74. The quantitative estimate of drug-likeness (QED) is 0.868. The zero-order chi connectivity index (χ0) is 13.9. The van der Waals surface area contributed by atoms with Crippen molar-refractivity contribution in [3.63, 3.8) is 0 Å². The summed E-state index contributed by atoms with van der Waals surface area (Å²) in [5, 5.41) is 2.96. The molecular formula is C14H16N4OS. The summed E-state index contributed by atoms with van der Waals surface area (Å²) in [6.45, 7) is 2.76. The lowest BCUT2D eigenvalue weighted by atomic mass is 10.1. The molecular weight excluding hydrogens is 272 g/mol. The highest BCUT2D eigenvalue weighted by molar-refractivity contribution is 7.09. The average Bonchev–Trinajstić information content (AvgIpc) is 3.09. The van der Waals surface area contributed by atoms with Crippen molar-refractivity contribution in [1.29, 1.82) is 0 Å². The molecule has 0 aliphatic carbocycles. The summed E-state index contributed by atoms with van der Waals surface area (Å²) < 4.78 is 0. The van der Waals surface area contributed by atoms with Crippen LogP contribution in [-0.2, 0) is 11.2 Å². The van der Waals surface area contributed by atoms with E-state index in [0.717, 1.165) is 35.8 Å². The number of aromatic nitrogens is 3. The standard InChI is InChI=1S/C14H16N4OS/c1-10-17-11(8-20-10)7-14(19)18-6-2-3-13(18)12-4-5-15-9-16-12/h4-5,8-9,13H,2-3,6-7H2,1H3. The maximum atomic E-state index is 12.5. The second kappa shape index (κ2) is 5.66. The molecule has 1 aliphatic heterocycles. The van der Waals surface area contributed by atoms with Gasteiger partial charge in [-0.1, -0.05) is 0 Å². The Kier molecular flexibility index (Phi) is 3.73. The largest absolute Gasteiger partial charge is 0.334 e. The molecule has 0 N–H and O–H groups in total. The highest BCUT2D eigenvalue weighted by atomic mass is 32.1. The molecule has 1 fully saturated rings. The summed E-state index contributed by atoms with van der Waals surface area (Å²) in [5.74, 6) is 0.136. The van der Waals surface area contributed by atoms with Gasteiger partial charge < -0.3 is 4.90 Å². The second-order valence-corrected chi connectivity index (χ2v) is 5.98. The Hall–Kier alpha value is -1.82. The van der Waals surface area contributed by atoms with Crippen molar-refractivity contribution in [2.24, 2.45) is 0 Å². The molecule has 0 saturated carbocycles. The lowest BCUT2D eigenvalue weighted by Gasteiger charge is -2.23. The number of thiazole rings is 1. The summed E-state index contributed by atoms with van der Waals surface area (Å²) in [6, 6.07) is 1.98. The van der Waals surface area contributed by atoms with Crippen molar-refractivity contribution in [3.05, 3.63) is 40.4 Å². The molecule has 3 heterocycles. The van der Waals surface area contributed by atoms with E-state index in [1.165, 1.54) is 0 Å². The van der Waals surface area contributed by atoms with Crippen molar-refractivity contribution in [2.75, 3.05) is 6.54 Å². The number of aryl methyl sites for hydroxylation is 1. The summed E-state index contributed by atoms with van der Waals surface area (Å²) in [6.07, 6.45) is 5.65. The molecule has 104 valence electrons. The number of rotatable bonds is 3. The Morgan fingerprint density at radius 1 is 1.55 bits per heavy atom. The SMILES string of the molecule is Cc1nc(CC(=O)N2CCCC2c2ccncn2)cs1. The summed E-state index contributed by atoms with van der Waals surface area (Å²) in [7, 11) is 0. The van der Waals surface area contributed by atoms with Crippen molar-refractivity contribution in [3.8, 4) is 0 Å². The number of carbonyl (C=O) groups is 1. The lowest BCUT2D eigenvalue weighted by molar-refractivity contribution is -0.131. The minimum absolute atomic E-state index is 0.0882. The maximum absolute atomic E-state index is 12.5. The van der Waals surface area contributed by atoms with E-state index in [-0.39, 0.29) is 11.9 Å². The molecule has 1 aliphatic rings. The normalized spacial score (nSPS) is 18.4. The molecule has 6 heteroatoms. The van der Waals surface area contributed by atoms with Gasteiger partial charge in [0.1, 0.15) is 6.33 Å². The molecule has 1 atom stereocenters. The van der Waals surface area contributed by atoms with Gasteiger partial charge in [0.2, 0.25) is 5.91 Å². The van der Waals surface area contributed by atoms with Crippen LogP contribution in [0.25, 0.3) is 0 Å². The smallest absolute Gasteiger partial charge is 0.229 e. The Bertz CT molecular complexity index is 598. The van der Waals surface area contributed by atoms with Gasteiger partial charge in [-0.3, -0.25) is 4.79 Å². The number of amides is 1. The average molecular weight is 288 g/mol. The van der Waals surface area contributed by atoms with Crippen LogP contribution in [0.2, 0.25) is 0 Å². The van der Waals surface area contributed by atoms with Gasteiger partial charge in [0.05, 0.1) is 28.9 Å². The van der Waals surface area contributed by atoms with E-state index in [0.29, 0.717) is 6.42 Å². The van der Waals surface area contributed by atoms with Gasteiger partial charge >= 0.3 is 0 Å². The molecule has 1 saturated heterocycles. The summed E-state index contributed by atoms with van der Waals surface area (Å²) in [5.41, 5.74) is 1.80. The first-order valence-electron chi connectivity index (χ1n) is 6.70. The third-order valence-corrected chi connectivity index (χ3v) is 4.34. The minimum Gasteiger partial charge on any atom is -0.334 e. The molecule has 0 radical (unpaired) electrons. The maximum Gasteiger partial charge on any atom is 0.229 e. The molecule has 2 aromatic heterocycles. The van der Waals surface area contributed by atoms with Crippen LogP contribution in [0, 0.1) is 6.92 Å². The zero-order valence-electron chi connectivity index (χ0n) is 11.3. The van der Waals surface area contributed by atoms with Crippen LogP contribution in [0.4, 0.5) is 0 Å². The first kappa shape index (κ1) is 13.2. The Labute approximate surface area is 121 Å². The molecule has 0 aromatic carbocycles. The fraction of sp³-hybridized carbons (Fsp3) is 0.429. The van der Waals surface area contributed by atoms with Gasteiger partial charge in [0.15, 0.2) is 0 Å². The van der Waals surface area contributed by atoms with Crippen molar-refractivity contribution >= 4 is 17.2 Å². The number of hydrogen-bond donors (Lipinski definition) is 0. The summed E-state index contributed by atoms with van der Waals surface area (Å²) in [4.78, 5) is 27.0. The number of likely N-dealkylation sites (tertiary alicyclic amines) is 1. The fourth-order valence-electron chi connectivity index (χ4n) is 2.62. The minimum atomic E-state index is 0.0882. The van der Waals surface area contributed by atoms with Crippen LogP contribution >= 0.6 is 11.3 Å². The van der Waals surface area contributed by atoms with Crippen LogP contribution in [0.15, 0.2) is 24.0 Å². The van der Waals surface area contributed by atoms with E-state index < -0.39 is 0 Å². The van der Waals surface area contributed by atoms with Crippen LogP contribution in [-0.4, -0.2) is 32.3 Å². The molecule has 0 spiro atoms. The zero-order valence-corrected chi connectivity index (χ0v) is 12.1. The van der Waals surface area contributed by atoms with E-state index in [1.54, 1.807) is 23.9 Å². The molecule has 0 bridgehead atoms. The monoisotopic (exact) mass is 288 g/mol. The van der Waals surface area contributed by atoms with E-state index in [1.807, 2.05) is 23.3 Å². The van der Waals surface area contributed by atoms with Gasteiger partial charge in [-0.05, 0) is 25.8 Å². The van der Waals surface area contributed by atoms with Crippen LogP contribution < -0.4 is 0 Å². The van der Waals surface area contributed by atoms with Gasteiger partial charge in [-0.15, -0.1) is 11.3 Å². The van der Waals surface area contributed by atoms with Crippen molar-refractivity contribution < 1.29 is 4.79 Å². The second-order valence-electron chi connectivity index (χ2n) is 4.91.